The molecule has 3 atom stereocenters. The van der Waals surface area contributed by atoms with Gasteiger partial charge in [-0.15, -0.1) is 0 Å². The second-order valence-corrected chi connectivity index (χ2v) is 11.6. The van der Waals surface area contributed by atoms with E-state index in [0.717, 1.165) is 47.1 Å². The van der Waals surface area contributed by atoms with Crippen LogP contribution in [0.4, 0.5) is 0 Å². The van der Waals surface area contributed by atoms with Gasteiger partial charge in [0.1, 0.15) is 5.60 Å². The van der Waals surface area contributed by atoms with Crippen molar-refractivity contribution in [2.45, 2.75) is 63.3 Å². The van der Waals surface area contributed by atoms with Crippen LogP contribution in [0, 0.1) is 0 Å². The summed E-state index contributed by atoms with van der Waals surface area (Å²) >= 11 is 0. The first-order chi connectivity index (χ1) is 23.2. The van der Waals surface area contributed by atoms with Crippen LogP contribution in [-0.4, -0.2) is 24.9 Å². The Hall–Kier alpha value is -4.71. The van der Waals surface area contributed by atoms with Gasteiger partial charge in [0.25, 0.3) is 0 Å². The van der Waals surface area contributed by atoms with Crippen LogP contribution in [-0.2, 0) is 33.0 Å². The average Bonchev–Trinajstić information content (AvgIpc) is 3.14. The van der Waals surface area contributed by atoms with E-state index in [1.54, 1.807) is 0 Å². The van der Waals surface area contributed by atoms with Crippen molar-refractivity contribution >= 4 is 0 Å². The first kappa shape index (κ1) is 33.6. The molecule has 0 spiro atoms. The summed E-state index contributed by atoms with van der Waals surface area (Å²) in [5.74, 6) is 0. The third kappa shape index (κ3) is 8.97. The number of unbranched alkanes of at least 4 members (excludes halogenated alkanes) is 1. The normalized spacial score (nSPS) is 13.3. The summed E-state index contributed by atoms with van der Waals surface area (Å²) < 4.78 is 20.5. The quantitative estimate of drug-likeness (QED) is 0.0421. The second-order valence-electron chi connectivity index (χ2n) is 11.6. The van der Waals surface area contributed by atoms with Gasteiger partial charge in [-0.1, -0.05) is 177 Å². The molecule has 0 heterocycles. The lowest BCUT2D eigenvalue weighted by molar-refractivity contribution is -0.114. The van der Waals surface area contributed by atoms with E-state index in [2.05, 4.69) is 65.5 Å². The van der Waals surface area contributed by atoms with E-state index in [9.17, 15) is 5.53 Å². The number of benzene rings is 5. The molecule has 0 radical (unpaired) electrons. The first-order valence-corrected chi connectivity index (χ1v) is 16.4. The summed E-state index contributed by atoms with van der Waals surface area (Å²) in [4.78, 5) is 3.32. The third-order valence-electron chi connectivity index (χ3n) is 8.39. The van der Waals surface area contributed by atoms with Gasteiger partial charge < -0.3 is 14.2 Å². The van der Waals surface area contributed by atoms with Crippen molar-refractivity contribution in [1.82, 2.24) is 0 Å². The molecule has 0 fully saturated rings. The molecular weight excluding hydrogens is 582 g/mol. The molecule has 5 aromatic rings. The van der Waals surface area contributed by atoms with Gasteiger partial charge in [-0.25, -0.2) is 0 Å². The molecule has 47 heavy (non-hydrogen) atoms. The highest BCUT2D eigenvalue weighted by Crippen LogP contribution is 2.41. The summed E-state index contributed by atoms with van der Waals surface area (Å²) in [6.07, 6.45) is 1.79. The number of rotatable bonds is 18. The van der Waals surface area contributed by atoms with Gasteiger partial charge in [-0.05, 0) is 39.8 Å². The summed E-state index contributed by atoms with van der Waals surface area (Å²) in [6.45, 7) is 3.03. The highest BCUT2D eigenvalue weighted by atomic mass is 16.5. The molecule has 0 aliphatic heterocycles. The number of hydrogen-bond acceptors (Lipinski definition) is 4. The zero-order chi connectivity index (χ0) is 32.6. The minimum Gasteiger partial charge on any atom is -0.371 e. The number of nitrogens with zero attached hydrogens (tertiary/aromatic N) is 3. The Morgan fingerprint density at radius 2 is 1.04 bits per heavy atom. The van der Waals surface area contributed by atoms with Gasteiger partial charge in [0, 0.05) is 4.91 Å². The molecule has 0 aliphatic rings. The Morgan fingerprint density at radius 1 is 0.617 bits per heavy atom. The zero-order valence-corrected chi connectivity index (χ0v) is 27.0. The highest BCUT2D eigenvalue weighted by molar-refractivity contribution is 5.47. The molecule has 0 aromatic heterocycles. The Labute approximate surface area is 278 Å². The van der Waals surface area contributed by atoms with Gasteiger partial charge in [-0.2, -0.15) is 0 Å². The van der Waals surface area contributed by atoms with Crippen molar-refractivity contribution in [3.63, 3.8) is 0 Å². The van der Waals surface area contributed by atoms with Crippen LogP contribution in [0.2, 0.25) is 0 Å². The maximum atomic E-state index is 9.92. The zero-order valence-electron chi connectivity index (χ0n) is 27.0. The van der Waals surface area contributed by atoms with Crippen molar-refractivity contribution in [2.24, 2.45) is 5.11 Å². The molecule has 5 aromatic carbocycles. The van der Waals surface area contributed by atoms with Crippen LogP contribution >= 0.6 is 0 Å². The topological polar surface area (TPSA) is 76.5 Å². The standard InChI is InChI=1S/C41H43N3O3/c1-2-3-29-39(45-30-33-19-9-4-10-20-33)40(46-31-34-21-11-5-12-22-34)38(43-44-42)32-47-41(35-23-13-6-14-24-35,36-25-15-7-16-26-36)37-27-17-8-18-28-37/h4-28,38-40H,2-3,29-32H2,1H3/t38?,39-,40+/m1/s1. The van der Waals surface area contributed by atoms with E-state index in [0.29, 0.717) is 13.2 Å². The van der Waals surface area contributed by atoms with Gasteiger partial charge in [0.05, 0.1) is 38.1 Å². The maximum Gasteiger partial charge on any atom is 0.143 e. The summed E-state index contributed by atoms with van der Waals surface area (Å²) in [5, 5.41) is 4.36. The predicted molar refractivity (Wildman–Crippen MR) is 188 cm³/mol. The van der Waals surface area contributed by atoms with E-state index in [1.165, 1.54) is 0 Å². The van der Waals surface area contributed by atoms with Crippen molar-refractivity contribution in [1.29, 1.82) is 0 Å². The monoisotopic (exact) mass is 625 g/mol. The fourth-order valence-corrected chi connectivity index (χ4v) is 6.00. The van der Waals surface area contributed by atoms with Crippen LogP contribution in [0.5, 0.6) is 0 Å². The van der Waals surface area contributed by atoms with Crippen LogP contribution in [0.3, 0.4) is 0 Å². The van der Waals surface area contributed by atoms with Crippen LogP contribution in [0.1, 0.15) is 54.0 Å². The van der Waals surface area contributed by atoms with Crippen LogP contribution in [0.25, 0.3) is 10.4 Å². The molecule has 0 bridgehead atoms. The molecule has 0 saturated heterocycles. The lowest BCUT2D eigenvalue weighted by atomic mass is 9.80. The second kappa shape index (κ2) is 17.8. The highest BCUT2D eigenvalue weighted by Gasteiger charge is 2.40. The smallest absolute Gasteiger partial charge is 0.143 e. The SMILES string of the molecule is CCCC[C@@H](OCc1ccccc1)[C@@H](OCc1ccccc1)C(COC(c1ccccc1)(c1ccccc1)c1ccccc1)N=[N+]=[N-]. The molecule has 6 nitrogen and oxygen atoms in total. The Morgan fingerprint density at radius 3 is 1.47 bits per heavy atom. The van der Waals surface area contributed by atoms with Crippen molar-refractivity contribution in [3.05, 3.63) is 190 Å². The average molecular weight is 626 g/mol. The van der Waals surface area contributed by atoms with E-state index in [4.69, 9.17) is 14.2 Å². The fourth-order valence-electron chi connectivity index (χ4n) is 6.00. The molecule has 240 valence electrons. The summed E-state index contributed by atoms with van der Waals surface area (Å²) in [5.41, 5.74) is 14.0. The molecular formula is C41H43N3O3. The lowest BCUT2D eigenvalue weighted by Gasteiger charge is -2.38. The number of azide groups is 1. The van der Waals surface area contributed by atoms with Crippen molar-refractivity contribution < 1.29 is 14.2 Å². The first-order valence-electron chi connectivity index (χ1n) is 16.4. The van der Waals surface area contributed by atoms with E-state index >= 15 is 0 Å². The van der Waals surface area contributed by atoms with Crippen LogP contribution in [0.15, 0.2) is 157 Å². The molecule has 5 rings (SSSR count). The van der Waals surface area contributed by atoms with Crippen molar-refractivity contribution in [2.75, 3.05) is 6.61 Å². The molecule has 6 heteroatoms. The Balaban J connectivity index is 1.54. The fraction of sp³-hybridized carbons (Fsp3) is 0.268. The molecule has 0 N–H and O–H groups in total. The number of hydrogen-bond donors (Lipinski definition) is 0. The largest absolute Gasteiger partial charge is 0.371 e. The van der Waals surface area contributed by atoms with Gasteiger partial charge in [0.2, 0.25) is 0 Å². The Kier molecular flexibility index (Phi) is 12.8. The minimum absolute atomic E-state index is 0.0967. The molecule has 0 aliphatic carbocycles. The Bertz CT molecular complexity index is 1530. The lowest BCUT2D eigenvalue weighted by Crippen LogP contribution is -2.45. The van der Waals surface area contributed by atoms with Gasteiger partial charge >= 0.3 is 0 Å². The number of ether oxygens (including phenoxy) is 3. The molecule has 0 saturated carbocycles. The van der Waals surface area contributed by atoms with Gasteiger partial charge in [-0.3, -0.25) is 0 Å². The van der Waals surface area contributed by atoms with E-state index in [-0.39, 0.29) is 12.7 Å². The molecule has 0 amide bonds. The molecule has 1 unspecified atom stereocenters. The maximum absolute atomic E-state index is 9.92. The predicted octanol–water partition coefficient (Wildman–Crippen LogP) is 10.0. The third-order valence-corrected chi connectivity index (χ3v) is 8.39. The van der Waals surface area contributed by atoms with Gasteiger partial charge in [0.15, 0.2) is 0 Å². The van der Waals surface area contributed by atoms with E-state index < -0.39 is 17.7 Å². The van der Waals surface area contributed by atoms with E-state index in [1.807, 2.05) is 103 Å². The van der Waals surface area contributed by atoms with Crippen molar-refractivity contribution in [3.8, 4) is 0 Å². The van der Waals surface area contributed by atoms with Crippen LogP contribution < -0.4 is 0 Å². The minimum atomic E-state index is -0.971. The summed E-state index contributed by atoms with van der Waals surface area (Å²) in [7, 11) is 0. The summed E-state index contributed by atoms with van der Waals surface area (Å²) in [6, 6.07) is 50.1.